The van der Waals surface area contributed by atoms with E-state index < -0.39 is 0 Å². The maximum atomic E-state index is 5.56. The van der Waals surface area contributed by atoms with Crippen LogP contribution in [0.1, 0.15) is 12.8 Å². The molecule has 0 amide bonds. The van der Waals surface area contributed by atoms with Gasteiger partial charge < -0.3 is 0 Å². The molecule has 6 heavy (non-hydrogen) atoms. The second-order valence-corrected chi connectivity index (χ2v) is 2.90. The van der Waals surface area contributed by atoms with E-state index in [2.05, 4.69) is 0 Å². The first-order valence-corrected chi connectivity index (χ1v) is 2.94. The molecule has 1 aliphatic carbocycles. The molecule has 1 aliphatic rings. The van der Waals surface area contributed by atoms with Gasteiger partial charge in [-0.15, -0.1) is 23.2 Å². The van der Waals surface area contributed by atoms with Crippen molar-refractivity contribution in [1.29, 1.82) is 0 Å². The van der Waals surface area contributed by atoms with Crippen LogP contribution in [0.2, 0.25) is 0 Å². The summed E-state index contributed by atoms with van der Waals surface area (Å²) in [5, 5.41) is 0.764. The standard InChI is InChI=1S/C4H6Cl2/c5-3-1-4(6)2-3/h3-4H,1-2H2. The first-order chi connectivity index (χ1) is 2.79. The summed E-state index contributed by atoms with van der Waals surface area (Å²) in [6, 6.07) is 0. The summed E-state index contributed by atoms with van der Waals surface area (Å²) in [5.41, 5.74) is 0. The molecular formula is C4H6Cl2. The molecule has 1 fully saturated rings. The molecular weight excluding hydrogens is 119 g/mol. The summed E-state index contributed by atoms with van der Waals surface area (Å²) in [6.45, 7) is 0. The molecule has 36 valence electrons. The third-order valence-electron chi connectivity index (χ3n) is 1.02. The predicted molar refractivity (Wildman–Crippen MR) is 28.5 cm³/mol. The van der Waals surface area contributed by atoms with Crippen LogP contribution in [-0.2, 0) is 0 Å². The highest BCUT2D eigenvalue weighted by Crippen LogP contribution is 2.29. The van der Waals surface area contributed by atoms with Gasteiger partial charge >= 0.3 is 0 Å². The molecule has 0 N–H and O–H groups in total. The van der Waals surface area contributed by atoms with Gasteiger partial charge in [0.1, 0.15) is 0 Å². The Bertz CT molecular complexity index is 41.5. The van der Waals surface area contributed by atoms with Crippen LogP contribution in [0, 0.1) is 0 Å². The summed E-state index contributed by atoms with van der Waals surface area (Å²) in [5.74, 6) is 0. The molecule has 0 nitrogen and oxygen atoms in total. The van der Waals surface area contributed by atoms with Gasteiger partial charge in [0.05, 0.1) is 0 Å². The fraction of sp³-hybridized carbons (Fsp3) is 1.00. The minimum atomic E-state index is 0.382. The molecule has 0 radical (unpaired) electrons. The van der Waals surface area contributed by atoms with Gasteiger partial charge in [-0.2, -0.15) is 0 Å². The average Bonchev–Trinajstić information content (AvgIpc) is 1.33. The summed E-state index contributed by atoms with van der Waals surface area (Å²) >= 11 is 11.1. The molecule has 0 aromatic rings. The van der Waals surface area contributed by atoms with Crippen molar-refractivity contribution in [2.45, 2.75) is 23.6 Å². The zero-order valence-corrected chi connectivity index (χ0v) is 4.84. The third-order valence-corrected chi connectivity index (χ3v) is 1.74. The summed E-state index contributed by atoms with van der Waals surface area (Å²) in [7, 11) is 0. The number of alkyl halides is 2. The Hall–Kier alpha value is 0.580. The molecule has 1 saturated carbocycles. The van der Waals surface area contributed by atoms with Gasteiger partial charge in [0.2, 0.25) is 0 Å². The molecule has 0 aromatic heterocycles. The van der Waals surface area contributed by atoms with E-state index >= 15 is 0 Å². The molecule has 0 heterocycles. The van der Waals surface area contributed by atoms with E-state index in [1.165, 1.54) is 0 Å². The Morgan fingerprint density at radius 3 is 1.33 bits per heavy atom. The second-order valence-electron chi connectivity index (χ2n) is 1.67. The van der Waals surface area contributed by atoms with E-state index in [1.54, 1.807) is 0 Å². The highest BCUT2D eigenvalue weighted by molar-refractivity contribution is 6.26. The van der Waals surface area contributed by atoms with E-state index in [0.717, 1.165) is 12.8 Å². The topological polar surface area (TPSA) is 0 Å². The van der Waals surface area contributed by atoms with Gasteiger partial charge in [0, 0.05) is 10.8 Å². The molecule has 0 aromatic carbocycles. The molecule has 1 rings (SSSR count). The van der Waals surface area contributed by atoms with E-state index in [0.29, 0.717) is 10.8 Å². The molecule has 2 heteroatoms. The van der Waals surface area contributed by atoms with E-state index in [4.69, 9.17) is 23.2 Å². The minimum Gasteiger partial charge on any atom is -0.123 e. The van der Waals surface area contributed by atoms with E-state index in [-0.39, 0.29) is 0 Å². The number of hydrogen-bond donors (Lipinski definition) is 0. The SMILES string of the molecule is ClC1CC(Cl)C1. The van der Waals surface area contributed by atoms with Gasteiger partial charge in [-0.1, -0.05) is 0 Å². The van der Waals surface area contributed by atoms with Crippen LogP contribution in [0.15, 0.2) is 0 Å². The monoisotopic (exact) mass is 124 g/mol. The Labute approximate surface area is 47.4 Å². The van der Waals surface area contributed by atoms with Gasteiger partial charge in [0.25, 0.3) is 0 Å². The third kappa shape index (κ3) is 0.797. The lowest BCUT2D eigenvalue weighted by molar-refractivity contribution is 0.524. The summed E-state index contributed by atoms with van der Waals surface area (Å²) in [4.78, 5) is 0. The number of halogens is 2. The van der Waals surface area contributed by atoms with Crippen LogP contribution in [0.5, 0.6) is 0 Å². The lowest BCUT2D eigenvalue weighted by Crippen LogP contribution is -2.23. The van der Waals surface area contributed by atoms with Crippen molar-refractivity contribution in [3.05, 3.63) is 0 Å². The fourth-order valence-corrected chi connectivity index (χ4v) is 1.53. The van der Waals surface area contributed by atoms with Crippen LogP contribution in [0.4, 0.5) is 0 Å². The molecule has 0 atom stereocenters. The van der Waals surface area contributed by atoms with Crippen molar-refractivity contribution in [2.24, 2.45) is 0 Å². The van der Waals surface area contributed by atoms with Crippen LogP contribution < -0.4 is 0 Å². The Balaban J connectivity index is 2.11. The Kier molecular flexibility index (Phi) is 1.25. The maximum Gasteiger partial charge on any atom is 0.0364 e. The second kappa shape index (κ2) is 1.59. The maximum absolute atomic E-state index is 5.56. The first kappa shape index (κ1) is 4.73. The normalized spacial score (nSPS) is 45.0. The molecule has 0 saturated heterocycles. The van der Waals surface area contributed by atoms with Gasteiger partial charge in [0.15, 0.2) is 0 Å². The smallest absolute Gasteiger partial charge is 0.0364 e. The van der Waals surface area contributed by atoms with Crippen molar-refractivity contribution >= 4 is 23.2 Å². The van der Waals surface area contributed by atoms with Crippen molar-refractivity contribution < 1.29 is 0 Å². The quantitative estimate of drug-likeness (QED) is 0.434. The Morgan fingerprint density at radius 2 is 1.33 bits per heavy atom. The van der Waals surface area contributed by atoms with E-state index in [9.17, 15) is 0 Å². The predicted octanol–water partition coefficient (Wildman–Crippen LogP) is 2.00. The highest BCUT2D eigenvalue weighted by atomic mass is 35.5. The number of rotatable bonds is 0. The zero-order valence-electron chi connectivity index (χ0n) is 3.32. The average molecular weight is 125 g/mol. The van der Waals surface area contributed by atoms with Crippen LogP contribution >= 0.6 is 23.2 Å². The Morgan fingerprint density at radius 1 is 1.00 bits per heavy atom. The van der Waals surface area contributed by atoms with Gasteiger partial charge in [-0.05, 0) is 12.8 Å². The van der Waals surface area contributed by atoms with Crippen molar-refractivity contribution in [1.82, 2.24) is 0 Å². The molecule has 0 bridgehead atoms. The summed E-state index contributed by atoms with van der Waals surface area (Å²) in [6.07, 6.45) is 2.01. The lowest BCUT2D eigenvalue weighted by atomic mass is 9.99. The zero-order chi connectivity index (χ0) is 4.57. The largest absolute Gasteiger partial charge is 0.123 e. The van der Waals surface area contributed by atoms with Crippen molar-refractivity contribution in [3.8, 4) is 0 Å². The number of hydrogen-bond acceptors (Lipinski definition) is 0. The highest BCUT2D eigenvalue weighted by Gasteiger charge is 2.24. The van der Waals surface area contributed by atoms with Crippen molar-refractivity contribution in [2.75, 3.05) is 0 Å². The van der Waals surface area contributed by atoms with Crippen LogP contribution in [0.3, 0.4) is 0 Å². The van der Waals surface area contributed by atoms with Crippen LogP contribution in [-0.4, -0.2) is 10.8 Å². The summed E-state index contributed by atoms with van der Waals surface area (Å²) < 4.78 is 0. The van der Waals surface area contributed by atoms with E-state index in [1.807, 2.05) is 0 Å². The van der Waals surface area contributed by atoms with Gasteiger partial charge in [-0.3, -0.25) is 0 Å². The molecule has 0 spiro atoms. The molecule has 0 unspecified atom stereocenters. The lowest BCUT2D eigenvalue weighted by Gasteiger charge is -2.24. The molecule has 0 aliphatic heterocycles. The minimum absolute atomic E-state index is 0.382. The van der Waals surface area contributed by atoms with Gasteiger partial charge in [-0.25, -0.2) is 0 Å². The van der Waals surface area contributed by atoms with Crippen molar-refractivity contribution in [3.63, 3.8) is 0 Å². The van der Waals surface area contributed by atoms with Crippen LogP contribution in [0.25, 0.3) is 0 Å². The fourth-order valence-electron chi connectivity index (χ4n) is 0.486. The first-order valence-electron chi connectivity index (χ1n) is 2.07.